The van der Waals surface area contributed by atoms with Crippen molar-refractivity contribution in [2.45, 2.75) is 76.0 Å². The number of benzene rings is 1. The van der Waals surface area contributed by atoms with Gasteiger partial charge >= 0.3 is 5.97 Å². The number of aliphatic carboxylic acids is 1. The van der Waals surface area contributed by atoms with Crippen molar-refractivity contribution in [3.63, 3.8) is 0 Å². The van der Waals surface area contributed by atoms with Crippen molar-refractivity contribution in [1.29, 1.82) is 0 Å². The second-order valence-electron chi connectivity index (χ2n) is 7.47. The van der Waals surface area contributed by atoms with E-state index in [-0.39, 0.29) is 16.7 Å². The van der Waals surface area contributed by atoms with Gasteiger partial charge in [-0.15, -0.1) is 0 Å². The maximum absolute atomic E-state index is 12.1. The quantitative estimate of drug-likeness (QED) is 0.305. The van der Waals surface area contributed by atoms with Crippen LogP contribution in [0, 0.1) is 5.92 Å². The van der Waals surface area contributed by atoms with E-state index in [1.165, 1.54) is 37.1 Å². The molecule has 2 atom stereocenters. The molecule has 0 saturated heterocycles. The third-order valence-electron chi connectivity index (χ3n) is 5.04. The van der Waals surface area contributed by atoms with Gasteiger partial charge in [0, 0.05) is 12.5 Å². The molecule has 0 saturated carbocycles. The molecule has 0 bridgehead atoms. The Balaban J connectivity index is 2.40. The van der Waals surface area contributed by atoms with E-state index in [1.807, 2.05) is 6.92 Å². The summed E-state index contributed by atoms with van der Waals surface area (Å²) in [5.41, 5.74) is 0.481. The fourth-order valence-corrected chi connectivity index (χ4v) is 3.65. The average molecular weight is 428 g/mol. The first kappa shape index (κ1) is 25.1. The molecule has 2 unspecified atom stereocenters. The summed E-state index contributed by atoms with van der Waals surface area (Å²) in [6, 6.07) is 5.21. The predicted octanol–water partition coefficient (Wildman–Crippen LogP) is 3.99. The van der Waals surface area contributed by atoms with Crippen LogP contribution in [0.2, 0.25) is 0 Å². The molecule has 29 heavy (non-hydrogen) atoms. The van der Waals surface area contributed by atoms with E-state index in [9.17, 15) is 23.1 Å². The highest BCUT2D eigenvalue weighted by atomic mass is 32.2. The number of hydrogen-bond donors (Lipinski definition) is 3. The van der Waals surface area contributed by atoms with Gasteiger partial charge in [0.05, 0.1) is 10.8 Å². The number of carbonyl (C=O) groups is 2. The van der Waals surface area contributed by atoms with Crippen molar-refractivity contribution in [3.05, 3.63) is 29.8 Å². The first-order valence-electron chi connectivity index (χ1n) is 10.2. The summed E-state index contributed by atoms with van der Waals surface area (Å²) in [7, 11) is -4.30. The number of rotatable bonds is 14. The Labute approximate surface area is 173 Å². The Morgan fingerprint density at radius 1 is 1.00 bits per heavy atom. The Bertz CT molecular complexity index is 745. The largest absolute Gasteiger partial charge is 0.481 e. The first-order valence-corrected chi connectivity index (χ1v) is 11.7. The fraction of sp³-hybridized carbons (Fsp3) is 0.619. The summed E-state index contributed by atoms with van der Waals surface area (Å²) in [6.45, 7) is 4.59. The Kier molecular flexibility index (Phi) is 10.9. The van der Waals surface area contributed by atoms with Crippen LogP contribution in [0.15, 0.2) is 29.2 Å². The highest BCUT2D eigenvalue weighted by Crippen LogP contribution is 2.24. The van der Waals surface area contributed by atoms with E-state index in [2.05, 4.69) is 12.2 Å². The lowest BCUT2D eigenvalue weighted by Crippen LogP contribution is -2.30. The first-order chi connectivity index (χ1) is 13.7. The summed E-state index contributed by atoms with van der Waals surface area (Å²) >= 11 is 0. The zero-order chi connectivity index (χ0) is 21.9. The van der Waals surface area contributed by atoms with Gasteiger partial charge in [0.15, 0.2) is 0 Å². The number of carboxylic acid groups (broad SMARTS) is 1. The van der Waals surface area contributed by atoms with Crippen LogP contribution in [0.3, 0.4) is 0 Å². The molecule has 8 heteroatoms. The van der Waals surface area contributed by atoms with Crippen LogP contribution in [-0.4, -0.2) is 36.5 Å². The minimum atomic E-state index is -4.30. The van der Waals surface area contributed by atoms with Crippen LogP contribution in [0.25, 0.3) is 0 Å². The topological polar surface area (TPSA) is 121 Å². The number of unbranched alkanes of at least 4 members (excludes halogenated alkanes) is 4. The lowest BCUT2D eigenvalue weighted by molar-refractivity contribution is -0.139. The summed E-state index contributed by atoms with van der Waals surface area (Å²) < 4.78 is 31.2. The Morgan fingerprint density at radius 3 is 2.17 bits per heavy atom. The number of carboxylic acids is 1. The van der Waals surface area contributed by atoms with Gasteiger partial charge in [-0.25, -0.2) is 0 Å². The molecule has 0 aromatic heterocycles. The van der Waals surface area contributed by atoms with Crippen molar-refractivity contribution in [3.8, 4) is 0 Å². The van der Waals surface area contributed by atoms with Gasteiger partial charge in [0.1, 0.15) is 0 Å². The molecule has 1 aromatic rings. The highest BCUT2D eigenvalue weighted by molar-refractivity contribution is 7.85. The molecule has 7 nitrogen and oxygen atoms in total. The SMILES string of the molecule is CCCCCCC(C)C(=O)NCCCCC(C(=O)O)c1ccc(S(=O)(=O)O)cc1. The molecule has 0 spiro atoms. The third-order valence-corrected chi connectivity index (χ3v) is 5.90. The van der Waals surface area contributed by atoms with Crippen molar-refractivity contribution in [1.82, 2.24) is 5.32 Å². The van der Waals surface area contributed by atoms with Gasteiger partial charge in [-0.2, -0.15) is 8.42 Å². The smallest absolute Gasteiger partial charge is 0.310 e. The van der Waals surface area contributed by atoms with Crippen molar-refractivity contribution in [2.24, 2.45) is 5.92 Å². The van der Waals surface area contributed by atoms with Gasteiger partial charge in [0.25, 0.3) is 10.1 Å². The molecule has 0 aliphatic rings. The monoisotopic (exact) mass is 427 g/mol. The molecule has 164 valence electrons. The molecule has 0 radical (unpaired) electrons. The van der Waals surface area contributed by atoms with E-state index in [1.54, 1.807) is 0 Å². The molecular formula is C21H33NO6S. The van der Waals surface area contributed by atoms with E-state index in [0.717, 1.165) is 19.3 Å². The minimum absolute atomic E-state index is 0.0139. The van der Waals surface area contributed by atoms with Gasteiger partial charge in [-0.05, 0) is 37.0 Å². The van der Waals surface area contributed by atoms with Crippen molar-refractivity contribution < 1.29 is 27.7 Å². The van der Waals surface area contributed by atoms with Crippen molar-refractivity contribution in [2.75, 3.05) is 6.54 Å². The van der Waals surface area contributed by atoms with Gasteiger partial charge in [-0.1, -0.05) is 58.1 Å². The number of hydrogen-bond acceptors (Lipinski definition) is 4. The summed E-state index contributed by atoms with van der Waals surface area (Å²) in [5.74, 6) is -1.73. The summed E-state index contributed by atoms with van der Waals surface area (Å²) in [4.78, 5) is 23.4. The zero-order valence-corrected chi connectivity index (χ0v) is 18.1. The molecule has 0 aliphatic carbocycles. The molecule has 1 amide bonds. The molecule has 0 aliphatic heterocycles. The second kappa shape index (κ2) is 12.6. The highest BCUT2D eigenvalue weighted by Gasteiger charge is 2.20. The van der Waals surface area contributed by atoms with Crippen LogP contribution in [0.4, 0.5) is 0 Å². The number of carbonyl (C=O) groups excluding carboxylic acids is 1. The Morgan fingerprint density at radius 2 is 1.62 bits per heavy atom. The summed E-state index contributed by atoms with van der Waals surface area (Å²) in [5, 5.41) is 12.4. The van der Waals surface area contributed by atoms with Crippen LogP contribution in [0.5, 0.6) is 0 Å². The molecule has 1 rings (SSSR count). The van der Waals surface area contributed by atoms with Gasteiger partial charge < -0.3 is 10.4 Å². The standard InChI is InChI=1S/C21H33NO6S/c1-3-4-5-6-9-16(2)20(23)22-15-8-7-10-19(21(24)25)17-11-13-18(14-12-17)29(26,27)28/h11-14,16,19H,3-10,15H2,1-2H3,(H,22,23)(H,24,25)(H,26,27,28). The van der Waals surface area contributed by atoms with Crippen LogP contribution >= 0.6 is 0 Å². The Hall–Kier alpha value is -1.93. The predicted molar refractivity (Wildman–Crippen MR) is 111 cm³/mol. The maximum atomic E-state index is 12.1. The lowest BCUT2D eigenvalue weighted by Gasteiger charge is -2.14. The number of nitrogens with one attached hydrogen (secondary N) is 1. The minimum Gasteiger partial charge on any atom is -0.481 e. The molecule has 3 N–H and O–H groups in total. The summed E-state index contributed by atoms with van der Waals surface area (Å²) in [6.07, 6.45) is 7.11. The van der Waals surface area contributed by atoms with Crippen LogP contribution in [-0.2, 0) is 19.7 Å². The second-order valence-corrected chi connectivity index (χ2v) is 8.89. The van der Waals surface area contributed by atoms with Gasteiger partial charge in [-0.3, -0.25) is 14.1 Å². The normalized spacial score (nSPS) is 13.6. The lowest BCUT2D eigenvalue weighted by atomic mass is 9.93. The zero-order valence-electron chi connectivity index (χ0n) is 17.3. The molecular weight excluding hydrogens is 394 g/mol. The molecule has 1 aromatic carbocycles. The van der Waals surface area contributed by atoms with Crippen LogP contribution < -0.4 is 5.32 Å². The molecule has 0 heterocycles. The maximum Gasteiger partial charge on any atom is 0.310 e. The fourth-order valence-electron chi connectivity index (χ4n) is 3.17. The number of amides is 1. The van der Waals surface area contributed by atoms with Gasteiger partial charge in [0.2, 0.25) is 5.91 Å². The van der Waals surface area contributed by atoms with E-state index in [4.69, 9.17) is 4.55 Å². The van der Waals surface area contributed by atoms with Crippen molar-refractivity contribution >= 4 is 22.0 Å². The molecule has 0 fully saturated rings. The van der Waals surface area contributed by atoms with Crippen LogP contribution in [0.1, 0.15) is 76.7 Å². The van der Waals surface area contributed by atoms with E-state index < -0.39 is 22.0 Å². The van der Waals surface area contributed by atoms with E-state index >= 15 is 0 Å². The third kappa shape index (κ3) is 9.41. The average Bonchev–Trinajstić information content (AvgIpc) is 2.66. The van der Waals surface area contributed by atoms with E-state index in [0.29, 0.717) is 31.4 Å².